The molecular weight excluding hydrogens is 547 g/mol. The van der Waals surface area contributed by atoms with Crippen LogP contribution >= 0.6 is 34.8 Å². The van der Waals surface area contributed by atoms with Crippen molar-refractivity contribution in [3.8, 4) is 0 Å². The first-order chi connectivity index (χ1) is 17.7. The molecule has 15 heteroatoms. The fourth-order valence-electron chi connectivity index (χ4n) is 3.56. The Labute approximate surface area is 230 Å². The standard InChI is InChI=1S/C11H15ClN4O2.C6H14N2.C5H2Cl2N2O2/c1-2-8-7-15(4-3-13-8)11-10(12)5-9(6-14-11)16(17)18;1-2-6-5-7-3-4-8-6;6-4-1-3(9(10)11)2-8-5(4)7/h5-6,8,13H,2-4,7H2,1H3;6-8H,2-5H2,1H3;1-2H/t8-;6-;/m00./s1. The van der Waals surface area contributed by atoms with Crippen molar-refractivity contribution in [2.45, 2.75) is 38.8 Å². The number of nitrogens with zero attached hydrogens (tertiary/aromatic N) is 5. The molecule has 2 saturated heterocycles. The minimum Gasteiger partial charge on any atom is -0.353 e. The monoisotopic (exact) mass is 576 g/mol. The maximum Gasteiger partial charge on any atom is 0.289 e. The third-order valence-electron chi connectivity index (χ3n) is 5.68. The summed E-state index contributed by atoms with van der Waals surface area (Å²) in [6, 6.07) is 3.64. The molecule has 0 spiro atoms. The van der Waals surface area contributed by atoms with Gasteiger partial charge in [0, 0.05) is 63.5 Å². The maximum atomic E-state index is 10.6. The highest BCUT2D eigenvalue weighted by Crippen LogP contribution is 2.28. The predicted molar refractivity (Wildman–Crippen MR) is 146 cm³/mol. The molecule has 0 aliphatic carbocycles. The van der Waals surface area contributed by atoms with Gasteiger partial charge in [0.25, 0.3) is 11.4 Å². The molecule has 37 heavy (non-hydrogen) atoms. The van der Waals surface area contributed by atoms with Crippen LogP contribution in [0.5, 0.6) is 0 Å². The van der Waals surface area contributed by atoms with E-state index in [9.17, 15) is 20.2 Å². The average molecular weight is 578 g/mol. The zero-order chi connectivity index (χ0) is 27.4. The third-order valence-corrected chi connectivity index (χ3v) is 6.64. The Morgan fingerprint density at radius 2 is 1.51 bits per heavy atom. The summed E-state index contributed by atoms with van der Waals surface area (Å²) in [6.07, 6.45) is 4.58. The molecule has 12 nitrogen and oxygen atoms in total. The molecule has 2 aliphatic heterocycles. The summed E-state index contributed by atoms with van der Waals surface area (Å²) >= 11 is 16.9. The molecule has 2 atom stereocenters. The molecule has 0 unspecified atom stereocenters. The first kappa shape index (κ1) is 30.9. The Kier molecular flexibility index (Phi) is 13.2. The molecule has 4 heterocycles. The van der Waals surface area contributed by atoms with Gasteiger partial charge in [-0.3, -0.25) is 20.2 Å². The highest BCUT2D eigenvalue weighted by molar-refractivity contribution is 6.41. The number of anilines is 1. The Morgan fingerprint density at radius 1 is 0.919 bits per heavy atom. The second-order valence-corrected chi connectivity index (χ2v) is 9.42. The molecule has 0 amide bonds. The highest BCUT2D eigenvalue weighted by Gasteiger charge is 2.22. The van der Waals surface area contributed by atoms with Gasteiger partial charge in [0.1, 0.15) is 23.4 Å². The van der Waals surface area contributed by atoms with Gasteiger partial charge in [-0.05, 0) is 12.8 Å². The smallest absolute Gasteiger partial charge is 0.289 e. The summed E-state index contributed by atoms with van der Waals surface area (Å²) < 4.78 is 0. The van der Waals surface area contributed by atoms with E-state index >= 15 is 0 Å². The topological polar surface area (TPSA) is 151 Å². The number of rotatable bonds is 5. The number of aromatic nitrogens is 2. The first-order valence-electron chi connectivity index (χ1n) is 11.8. The van der Waals surface area contributed by atoms with Crippen LogP contribution in [0.3, 0.4) is 0 Å². The van der Waals surface area contributed by atoms with Crippen molar-refractivity contribution < 1.29 is 9.85 Å². The van der Waals surface area contributed by atoms with Gasteiger partial charge in [0.05, 0.1) is 19.9 Å². The third kappa shape index (κ3) is 10.1. The van der Waals surface area contributed by atoms with E-state index < -0.39 is 9.85 Å². The number of nitro groups is 2. The number of nitrogens with one attached hydrogen (secondary N) is 3. The van der Waals surface area contributed by atoms with Gasteiger partial charge in [0.2, 0.25) is 0 Å². The van der Waals surface area contributed by atoms with Gasteiger partial charge in [-0.1, -0.05) is 48.7 Å². The second-order valence-electron chi connectivity index (χ2n) is 8.25. The Morgan fingerprint density at radius 3 is 2.00 bits per heavy atom. The molecule has 2 aliphatic rings. The number of piperazine rings is 2. The van der Waals surface area contributed by atoms with E-state index in [0.717, 1.165) is 64.0 Å². The van der Waals surface area contributed by atoms with Crippen LogP contribution in [0.1, 0.15) is 26.7 Å². The van der Waals surface area contributed by atoms with Crippen molar-refractivity contribution in [1.29, 1.82) is 0 Å². The molecule has 3 N–H and O–H groups in total. The van der Waals surface area contributed by atoms with E-state index in [1.165, 1.54) is 18.7 Å². The zero-order valence-corrected chi connectivity index (χ0v) is 22.9. The summed E-state index contributed by atoms with van der Waals surface area (Å²) in [4.78, 5) is 29.3. The minimum atomic E-state index is -0.588. The van der Waals surface area contributed by atoms with Crippen molar-refractivity contribution in [3.05, 3.63) is 60.0 Å². The van der Waals surface area contributed by atoms with Gasteiger partial charge in [0.15, 0.2) is 0 Å². The lowest BCUT2D eigenvalue weighted by atomic mass is 10.1. The van der Waals surface area contributed by atoms with Crippen molar-refractivity contribution >= 4 is 52.0 Å². The van der Waals surface area contributed by atoms with Gasteiger partial charge in [-0.25, -0.2) is 9.97 Å². The van der Waals surface area contributed by atoms with Gasteiger partial charge >= 0.3 is 0 Å². The van der Waals surface area contributed by atoms with E-state index in [2.05, 4.69) is 44.7 Å². The number of hydrogen-bond donors (Lipinski definition) is 3. The molecule has 2 fully saturated rings. The van der Waals surface area contributed by atoms with Gasteiger partial charge < -0.3 is 20.9 Å². The molecular formula is C22H31Cl3N8O4. The van der Waals surface area contributed by atoms with Crippen LogP contribution in [0, 0.1) is 20.2 Å². The summed E-state index contributed by atoms with van der Waals surface area (Å²) in [6.45, 7) is 10.2. The first-order valence-corrected chi connectivity index (χ1v) is 13.0. The molecule has 0 aromatic carbocycles. The molecule has 0 saturated carbocycles. The Bertz CT molecular complexity index is 1040. The Balaban J connectivity index is 0.000000215. The molecule has 0 bridgehead atoms. The largest absolute Gasteiger partial charge is 0.353 e. The van der Waals surface area contributed by atoms with E-state index in [0.29, 0.717) is 16.9 Å². The van der Waals surface area contributed by atoms with Gasteiger partial charge in [-0.2, -0.15) is 0 Å². The van der Waals surface area contributed by atoms with E-state index in [-0.39, 0.29) is 21.6 Å². The van der Waals surface area contributed by atoms with Crippen LogP contribution in [-0.4, -0.2) is 71.2 Å². The van der Waals surface area contributed by atoms with Crippen LogP contribution in [0.15, 0.2) is 24.5 Å². The van der Waals surface area contributed by atoms with Crippen molar-refractivity contribution in [1.82, 2.24) is 25.9 Å². The molecule has 4 rings (SSSR count). The number of pyridine rings is 2. The van der Waals surface area contributed by atoms with Crippen LogP contribution in [0.2, 0.25) is 15.2 Å². The van der Waals surface area contributed by atoms with Crippen LogP contribution in [0.25, 0.3) is 0 Å². The Hall–Kier alpha value is -2.35. The lowest BCUT2D eigenvalue weighted by Gasteiger charge is -2.34. The zero-order valence-electron chi connectivity index (χ0n) is 20.6. The summed E-state index contributed by atoms with van der Waals surface area (Å²) in [5, 5.41) is 31.4. The van der Waals surface area contributed by atoms with Crippen molar-refractivity contribution in [2.75, 3.05) is 44.2 Å². The molecule has 204 valence electrons. The van der Waals surface area contributed by atoms with E-state index in [4.69, 9.17) is 34.8 Å². The van der Waals surface area contributed by atoms with E-state index in [1.54, 1.807) is 0 Å². The highest BCUT2D eigenvalue weighted by atomic mass is 35.5. The van der Waals surface area contributed by atoms with Gasteiger partial charge in [-0.15, -0.1) is 0 Å². The second kappa shape index (κ2) is 15.8. The van der Waals surface area contributed by atoms with Crippen LogP contribution < -0.4 is 20.9 Å². The van der Waals surface area contributed by atoms with Crippen molar-refractivity contribution in [2.24, 2.45) is 0 Å². The SMILES string of the molecule is CC[C@H]1CN(c2ncc([N+](=O)[O-])cc2Cl)CCN1.CC[C@H]1CNCCN1.O=[N+]([O-])c1cnc(Cl)c(Cl)c1. The van der Waals surface area contributed by atoms with Crippen LogP contribution in [-0.2, 0) is 0 Å². The predicted octanol–water partition coefficient (Wildman–Crippen LogP) is 4.09. The maximum absolute atomic E-state index is 10.6. The minimum absolute atomic E-state index is 0.0669. The van der Waals surface area contributed by atoms with Crippen molar-refractivity contribution in [3.63, 3.8) is 0 Å². The lowest BCUT2D eigenvalue weighted by molar-refractivity contribution is -0.385. The molecule has 0 radical (unpaired) electrons. The fraction of sp³-hybridized carbons (Fsp3) is 0.545. The summed E-state index contributed by atoms with van der Waals surface area (Å²) in [7, 11) is 0. The fourth-order valence-corrected chi connectivity index (χ4v) is 4.10. The summed E-state index contributed by atoms with van der Waals surface area (Å²) in [5.74, 6) is 0.627. The van der Waals surface area contributed by atoms with Crippen LogP contribution in [0.4, 0.5) is 17.2 Å². The molecule has 2 aromatic rings. The molecule has 2 aromatic heterocycles. The summed E-state index contributed by atoms with van der Waals surface area (Å²) in [5.41, 5.74) is -0.245. The lowest BCUT2D eigenvalue weighted by Crippen LogP contribution is -2.50. The quantitative estimate of drug-likeness (QED) is 0.269. The van der Waals surface area contributed by atoms with E-state index in [1.807, 2.05) is 0 Å². The average Bonchev–Trinajstić information content (AvgIpc) is 2.91. The number of hydrogen-bond acceptors (Lipinski definition) is 10. The number of halogens is 3. The normalized spacial score (nSPS) is 19.1.